The van der Waals surface area contributed by atoms with Crippen LogP contribution in [0.25, 0.3) is 5.69 Å². The van der Waals surface area contributed by atoms with Gasteiger partial charge in [-0.25, -0.2) is 14.8 Å². The second-order valence-electron chi connectivity index (χ2n) is 8.04. The first-order valence-corrected chi connectivity index (χ1v) is 10.1. The molecule has 156 valence electrons. The van der Waals surface area contributed by atoms with Gasteiger partial charge in [-0.2, -0.15) is 4.98 Å². The molecule has 3 aromatic rings. The summed E-state index contributed by atoms with van der Waals surface area (Å²) >= 11 is 0. The minimum Gasteiger partial charge on any atom is -0.348 e. The standard InChI is InChI=1S/C22H27N7O/c1-15(2)19-13-27(4)22(30)29(19)20-9-10-23-21(26-20)24-11-17-12-28(14-25-17)18-7-5-16(3)6-8-18/h5-10,12,14-15,19H,11,13H2,1-4H3,(H,23,24,26)/t19-/m1/s1. The van der Waals surface area contributed by atoms with E-state index in [1.54, 1.807) is 28.4 Å². The number of carbonyl (C=O) groups excluding carboxylic acids is 1. The highest BCUT2D eigenvalue weighted by Crippen LogP contribution is 2.26. The van der Waals surface area contributed by atoms with E-state index in [4.69, 9.17) is 0 Å². The van der Waals surface area contributed by atoms with Crippen molar-refractivity contribution in [3.63, 3.8) is 0 Å². The fourth-order valence-electron chi connectivity index (χ4n) is 3.59. The Morgan fingerprint density at radius 1 is 1.17 bits per heavy atom. The third-order valence-corrected chi connectivity index (χ3v) is 5.38. The number of aryl methyl sites for hydroxylation is 1. The Kier molecular flexibility index (Phi) is 5.39. The number of hydrogen-bond donors (Lipinski definition) is 1. The van der Waals surface area contributed by atoms with Crippen LogP contribution in [0.1, 0.15) is 25.1 Å². The summed E-state index contributed by atoms with van der Waals surface area (Å²) in [7, 11) is 1.82. The highest BCUT2D eigenvalue weighted by atomic mass is 16.2. The first-order valence-electron chi connectivity index (χ1n) is 10.1. The van der Waals surface area contributed by atoms with Gasteiger partial charge in [-0.3, -0.25) is 4.90 Å². The Balaban J connectivity index is 1.46. The monoisotopic (exact) mass is 405 g/mol. The predicted octanol–water partition coefficient (Wildman–Crippen LogP) is 3.48. The van der Waals surface area contributed by atoms with E-state index in [9.17, 15) is 4.79 Å². The van der Waals surface area contributed by atoms with Crippen LogP contribution in [0, 0.1) is 12.8 Å². The second kappa shape index (κ2) is 8.14. The van der Waals surface area contributed by atoms with Gasteiger partial charge in [0.05, 0.1) is 24.6 Å². The van der Waals surface area contributed by atoms with Gasteiger partial charge in [-0.15, -0.1) is 0 Å². The topological polar surface area (TPSA) is 79.2 Å². The molecule has 0 unspecified atom stereocenters. The molecule has 4 rings (SSSR count). The van der Waals surface area contributed by atoms with Crippen molar-refractivity contribution in [1.82, 2.24) is 24.4 Å². The molecule has 0 bridgehead atoms. The number of carbonyl (C=O) groups is 1. The lowest BCUT2D eigenvalue weighted by atomic mass is 10.0. The van der Waals surface area contributed by atoms with E-state index >= 15 is 0 Å². The van der Waals surface area contributed by atoms with E-state index in [-0.39, 0.29) is 12.1 Å². The Morgan fingerprint density at radius 2 is 1.93 bits per heavy atom. The fourth-order valence-corrected chi connectivity index (χ4v) is 3.59. The van der Waals surface area contributed by atoms with Crippen LogP contribution >= 0.6 is 0 Å². The minimum absolute atomic E-state index is 0.0322. The molecule has 8 nitrogen and oxygen atoms in total. The van der Waals surface area contributed by atoms with Crippen molar-refractivity contribution < 1.29 is 4.79 Å². The highest BCUT2D eigenvalue weighted by molar-refractivity contribution is 5.94. The maximum Gasteiger partial charge on any atom is 0.325 e. The molecule has 1 aliphatic rings. The van der Waals surface area contributed by atoms with E-state index in [0.717, 1.165) is 11.4 Å². The molecule has 0 aliphatic carbocycles. The molecule has 2 amide bonds. The number of imidazole rings is 1. The maximum atomic E-state index is 12.6. The molecule has 0 spiro atoms. The van der Waals surface area contributed by atoms with Crippen LogP contribution in [0.15, 0.2) is 49.1 Å². The summed E-state index contributed by atoms with van der Waals surface area (Å²) in [6, 6.07) is 10.1. The van der Waals surface area contributed by atoms with Gasteiger partial charge in [0.2, 0.25) is 5.95 Å². The van der Waals surface area contributed by atoms with Gasteiger partial charge in [0, 0.05) is 31.7 Å². The Labute approximate surface area is 176 Å². The number of benzene rings is 1. The molecule has 1 aromatic carbocycles. The highest BCUT2D eigenvalue weighted by Gasteiger charge is 2.38. The van der Waals surface area contributed by atoms with Crippen molar-refractivity contribution in [3.05, 3.63) is 60.3 Å². The fraction of sp³-hybridized carbons (Fsp3) is 0.364. The summed E-state index contributed by atoms with van der Waals surface area (Å²) in [5.74, 6) is 1.42. The summed E-state index contributed by atoms with van der Waals surface area (Å²) in [6.45, 7) is 7.49. The summed E-state index contributed by atoms with van der Waals surface area (Å²) in [4.78, 5) is 29.5. The predicted molar refractivity (Wildman–Crippen MR) is 117 cm³/mol. The molecular formula is C22H27N7O. The average Bonchev–Trinajstić information content (AvgIpc) is 3.32. The Morgan fingerprint density at radius 3 is 2.67 bits per heavy atom. The van der Waals surface area contributed by atoms with Crippen molar-refractivity contribution in [2.75, 3.05) is 23.8 Å². The molecule has 1 fully saturated rings. The molecule has 1 atom stereocenters. The van der Waals surface area contributed by atoms with Gasteiger partial charge in [0.25, 0.3) is 0 Å². The number of nitrogens with one attached hydrogen (secondary N) is 1. The molecule has 1 N–H and O–H groups in total. The normalized spacial score (nSPS) is 16.6. The third-order valence-electron chi connectivity index (χ3n) is 5.38. The quantitative estimate of drug-likeness (QED) is 0.679. The first kappa shape index (κ1) is 19.9. The first-order chi connectivity index (χ1) is 14.4. The molecule has 3 heterocycles. The third kappa shape index (κ3) is 3.98. The molecule has 2 aromatic heterocycles. The second-order valence-corrected chi connectivity index (χ2v) is 8.04. The van der Waals surface area contributed by atoms with Crippen LogP contribution in [0.3, 0.4) is 0 Å². The summed E-state index contributed by atoms with van der Waals surface area (Å²) < 4.78 is 1.99. The van der Waals surface area contributed by atoms with E-state index in [1.165, 1.54) is 5.56 Å². The van der Waals surface area contributed by atoms with Gasteiger partial charge in [-0.1, -0.05) is 31.5 Å². The number of likely N-dealkylation sites (N-methyl/N-ethyl adjacent to an activating group) is 1. The van der Waals surface area contributed by atoms with Gasteiger partial charge < -0.3 is 14.8 Å². The van der Waals surface area contributed by atoms with Crippen LogP contribution in [0.2, 0.25) is 0 Å². The number of rotatable bonds is 6. The molecular weight excluding hydrogens is 378 g/mol. The minimum atomic E-state index is -0.0322. The van der Waals surface area contributed by atoms with E-state index in [0.29, 0.717) is 30.8 Å². The lowest BCUT2D eigenvalue weighted by Gasteiger charge is -2.25. The molecule has 30 heavy (non-hydrogen) atoms. The number of anilines is 2. The number of hydrogen-bond acceptors (Lipinski definition) is 5. The van der Waals surface area contributed by atoms with Crippen molar-refractivity contribution >= 4 is 17.8 Å². The van der Waals surface area contributed by atoms with Crippen LogP contribution in [0.4, 0.5) is 16.6 Å². The zero-order chi connectivity index (χ0) is 21.3. The van der Waals surface area contributed by atoms with Crippen molar-refractivity contribution in [3.8, 4) is 5.69 Å². The maximum absolute atomic E-state index is 12.6. The zero-order valence-corrected chi connectivity index (χ0v) is 17.8. The summed E-state index contributed by atoms with van der Waals surface area (Å²) in [6.07, 6.45) is 5.46. The van der Waals surface area contributed by atoms with E-state index in [1.807, 2.05) is 17.8 Å². The number of amides is 2. The van der Waals surface area contributed by atoms with Gasteiger partial charge in [-0.05, 0) is 31.0 Å². The van der Waals surface area contributed by atoms with Crippen molar-refractivity contribution in [1.29, 1.82) is 0 Å². The van der Waals surface area contributed by atoms with Crippen LogP contribution in [-0.2, 0) is 6.54 Å². The molecule has 0 saturated carbocycles. The lowest BCUT2D eigenvalue weighted by Crippen LogP contribution is -2.38. The van der Waals surface area contributed by atoms with Gasteiger partial charge >= 0.3 is 6.03 Å². The van der Waals surface area contributed by atoms with Crippen molar-refractivity contribution in [2.45, 2.75) is 33.4 Å². The van der Waals surface area contributed by atoms with E-state index < -0.39 is 0 Å². The average molecular weight is 406 g/mol. The summed E-state index contributed by atoms with van der Waals surface area (Å²) in [5, 5.41) is 3.22. The largest absolute Gasteiger partial charge is 0.348 e. The lowest BCUT2D eigenvalue weighted by molar-refractivity contribution is 0.229. The van der Waals surface area contributed by atoms with E-state index in [2.05, 4.69) is 65.3 Å². The van der Waals surface area contributed by atoms with Crippen LogP contribution < -0.4 is 10.2 Å². The van der Waals surface area contributed by atoms with Gasteiger partial charge in [0.15, 0.2) is 0 Å². The SMILES string of the molecule is Cc1ccc(-n2cnc(CNc3nccc(N4C(=O)N(C)C[C@@H]4C(C)C)n3)c2)cc1. The van der Waals surface area contributed by atoms with Crippen LogP contribution in [0.5, 0.6) is 0 Å². The molecule has 1 aliphatic heterocycles. The molecule has 1 saturated heterocycles. The zero-order valence-electron chi connectivity index (χ0n) is 17.8. The molecule has 0 radical (unpaired) electrons. The van der Waals surface area contributed by atoms with Gasteiger partial charge in [0.1, 0.15) is 5.82 Å². The number of urea groups is 1. The number of aromatic nitrogens is 4. The summed E-state index contributed by atoms with van der Waals surface area (Å²) in [5.41, 5.74) is 3.16. The Hall–Kier alpha value is -3.42. The van der Waals surface area contributed by atoms with Crippen LogP contribution in [-0.4, -0.2) is 50.1 Å². The van der Waals surface area contributed by atoms with Crippen molar-refractivity contribution in [2.24, 2.45) is 5.92 Å². The molecule has 8 heteroatoms. The number of nitrogens with zero attached hydrogens (tertiary/aromatic N) is 6. The Bertz CT molecular complexity index is 1030. The smallest absolute Gasteiger partial charge is 0.325 e.